The second-order valence-corrected chi connectivity index (χ2v) is 4.41. The van der Waals surface area contributed by atoms with Crippen LogP contribution in [0.25, 0.3) is 11.0 Å². The van der Waals surface area contributed by atoms with Gasteiger partial charge in [-0.3, -0.25) is 0 Å². The Bertz CT molecular complexity index is 485. The molecule has 2 rings (SSSR count). The summed E-state index contributed by atoms with van der Waals surface area (Å²) in [6.45, 7) is 0. The zero-order chi connectivity index (χ0) is 10.7. The van der Waals surface area contributed by atoms with Gasteiger partial charge in [-0.1, -0.05) is 0 Å². The van der Waals surface area contributed by atoms with Gasteiger partial charge in [-0.05, 0) is 0 Å². The molecule has 0 saturated carbocycles. The van der Waals surface area contributed by atoms with E-state index in [1.165, 1.54) is 0 Å². The Hall–Kier alpha value is -0.901. The monoisotopic (exact) mass is 289 g/mol. The second kappa shape index (κ2) is 4.75. The molecule has 0 spiro atoms. The second-order valence-electron chi connectivity index (χ2n) is 2.92. The van der Waals surface area contributed by atoms with Gasteiger partial charge in [0.2, 0.25) is 0 Å². The molecule has 0 radical (unpaired) electrons. The molecular weight excluding hydrogens is 281 g/mol. The first-order valence-corrected chi connectivity index (χ1v) is 6.45. The van der Waals surface area contributed by atoms with Crippen LogP contribution in [0, 0.1) is 0 Å². The summed E-state index contributed by atoms with van der Waals surface area (Å²) in [6.07, 6.45) is 0.313. The number of carbonyl (C=O) groups excluding carboxylic acids is 1. The Kier molecular flexibility index (Phi) is 3.36. The van der Waals surface area contributed by atoms with E-state index in [0.717, 1.165) is 16.7 Å². The van der Waals surface area contributed by atoms with Gasteiger partial charge in [-0.25, -0.2) is 0 Å². The molecule has 78 valence electrons. The average molecular weight is 289 g/mol. The topological polar surface area (TPSA) is 54.9 Å². The normalized spacial score (nSPS) is 10.5. The van der Waals surface area contributed by atoms with E-state index < -0.39 is 0 Å². The summed E-state index contributed by atoms with van der Waals surface area (Å²) in [5, 5.41) is 2.78. The maximum absolute atomic E-state index is 11.3. The van der Waals surface area contributed by atoms with Crippen LogP contribution >= 0.6 is 11.6 Å². The molecule has 1 heterocycles. The molecule has 0 unspecified atom stereocenters. The van der Waals surface area contributed by atoms with E-state index in [1.54, 1.807) is 0 Å². The number of nitrogens with one attached hydrogen (secondary N) is 1. The zero-order valence-corrected chi connectivity index (χ0v) is 10.2. The summed E-state index contributed by atoms with van der Waals surface area (Å²) >= 11 is 5.41. The van der Waals surface area contributed by atoms with Crippen LogP contribution in [-0.4, -0.2) is 34.7 Å². The molecule has 6 heteroatoms. The Balaban J connectivity index is 2.27. The van der Waals surface area contributed by atoms with E-state index in [9.17, 15) is 4.79 Å². The van der Waals surface area contributed by atoms with Crippen LogP contribution in [0.5, 0.6) is 0 Å². The number of aromatic nitrogens is 2. The number of alkyl halides is 1. The van der Waals surface area contributed by atoms with Crippen molar-refractivity contribution in [1.29, 1.82) is 0 Å². The van der Waals surface area contributed by atoms with E-state index in [0.29, 0.717) is 12.3 Å². The van der Waals surface area contributed by atoms with Crippen LogP contribution < -0.4 is 5.32 Å². The number of benzene rings is 1. The molecule has 2 aromatic rings. The quantitative estimate of drug-likeness (QED) is 0.683. The van der Waals surface area contributed by atoms with Gasteiger partial charge in [0.05, 0.1) is 0 Å². The van der Waals surface area contributed by atoms with Crippen LogP contribution in [0.1, 0.15) is 6.42 Å². The number of halogens is 1. The van der Waals surface area contributed by atoms with E-state index in [2.05, 4.69) is 13.3 Å². The zero-order valence-electron chi connectivity index (χ0n) is 7.74. The number of amides is 1. The van der Waals surface area contributed by atoms with Crippen molar-refractivity contribution in [2.45, 2.75) is 6.42 Å². The number of hydrogen-bond donors (Lipinski definition) is 1. The van der Waals surface area contributed by atoms with Gasteiger partial charge in [0.15, 0.2) is 0 Å². The molecule has 0 aliphatic heterocycles. The van der Waals surface area contributed by atoms with Crippen LogP contribution in [-0.2, 0) is 4.79 Å². The van der Waals surface area contributed by atoms with Gasteiger partial charge in [-0.15, -0.1) is 0 Å². The summed E-state index contributed by atoms with van der Waals surface area (Å²) in [5.41, 5.74) is 2.38. The third kappa shape index (κ3) is 2.37. The summed E-state index contributed by atoms with van der Waals surface area (Å²) < 4.78 is 8.49. The predicted octanol–water partition coefficient (Wildman–Crippen LogP) is 1.25. The molecule has 0 bridgehead atoms. The average Bonchev–Trinajstić information content (AvgIpc) is 2.67. The Labute approximate surface area is 97.9 Å². The maximum atomic E-state index is 11.3. The number of nitrogens with zero attached hydrogens (tertiary/aromatic N) is 2. The van der Waals surface area contributed by atoms with E-state index >= 15 is 0 Å². The third-order valence-corrected chi connectivity index (χ3v) is 3.21. The van der Waals surface area contributed by atoms with Crippen molar-refractivity contribution in [2.24, 2.45) is 0 Å². The van der Waals surface area contributed by atoms with Crippen molar-refractivity contribution in [3.05, 3.63) is 18.2 Å². The Morgan fingerprint density at radius 1 is 1.47 bits per heavy atom. The minimum atomic E-state index is -0.0898. The summed E-state index contributed by atoms with van der Waals surface area (Å²) in [6, 6.07) is 5.58. The first kappa shape index (κ1) is 10.6. The number of rotatable bonds is 3. The molecular formula is C9H8ClN3OSe. The summed E-state index contributed by atoms with van der Waals surface area (Å²) in [5.74, 6) is 0.236. The summed E-state index contributed by atoms with van der Waals surface area (Å²) in [4.78, 5) is 11.3. The fourth-order valence-electron chi connectivity index (χ4n) is 1.21. The minimum absolute atomic E-state index is 0.0738. The number of hydrogen-bond acceptors (Lipinski definition) is 3. The van der Waals surface area contributed by atoms with Crippen molar-refractivity contribution in [3.63, 3.8) is 0 Å². The van der Waals surface area contributed by atoms with Crippen LogP contribution in [0.15, 0.2) is 18.2 Å². The molecule has 1 aromatic heterocycles. The summed E-state index contributed by atoms with van der Waals surface area (Å²) in [7, 11) is 0. The van der Waals surface area contributed by atoms with Crippen LogP contribution in [0.3, 0.4) is 0 Å². The fourth-order valence-corrected chi connectivity index (χ4v) is 2.53. The predicted molar refractivity (Wildman–Crippen MR) is 60.4 cm³/mol. The van der Waals surface area contributed by atoms with Gasteiger partial charge in [0.25, 0.3) is 0 Å². The first-order valence-electron chi connectivity index (χ1n) is 4.38. The Morgan fingerprint density at radius 3 is 3.13 bits per heavy atom. The number of anilines is 1. The van der Waals surface area contributed by atoms with Crippen LogP contribution in [0.2, 0.25) is 0 Å². The molecule has 1 amide bonds. The van der Waals surface area contributed by atoms with E-state index in [1.807, 2.05) is 18.2 Å². The van der Waals surface area contributed by atoms with Gasteiger partial charge in [0.1, 0.15) is 0 Å². The first-order chi connectivity index (χ1) is 7.31. The molecule has 1 aromatic carbocycles. The van der Waals surface area contributed by atoms with Gasteiger partial charge in [0, 0.05) is 0 Å². The number of fused-ring (bicyclic) bond motifs is 1. The van der Waals surface area contributed by atoms with Crippen molar-refractivity contribution in [2.75, 3.05) is 11.2 Å². The molecule has 0 atom stereocenters. The molecule has 0 saturated heterocycles. The van der Waals surface area contributed by atoms with Crippen molar-refractivity contribution in [3.8, 4) is 0 Å². The SMILES string of the molecule is O=C(CCCl)Nc1cccc2n[se]nc12. The molecule has 0 aliphatic rings. The van der Waals surface area contributed by atoms with Crippen LogP contribution in [0.4, 0.5) is 5.69 Å². The van der Waals surface area contributed by atoms with Crippen molar-refractivity contribution in [1.82, 2.24) is 7.96 Å². The van der Waals surface area contributed by atoms with E-state index in [-0.39, 0.29) is 20.9 Å². The molecule has 1 N–H and O–H groups in total. The van der Waals surface area contributed by atoms with Gasteiger partial charge in [-0.2, -0.15) is 0 Å². The fraction of sp³-hybridized carbons (Fsp3) is 0.222. The Morgan fingerprint density at radius 2 is 2.33 bits per heavy atom. The third-order valence-electron chi connectivity index (χ3n) is 1.88. The van der Waals surface area contributed by atoms with E-state index in [4.69, 9.17) is 11.6 Å². The molecule has 4 nitrogen and oxygen atoms in total. The van der Waals surface area contributed by atoms with Crippen molar-refractivity contribution >= 4 is 49.2 Å². The van der Waals surface area contributed by atoms with Crippen molar-refractivity contribution < 1.29 is 4.79 Å². The standard InChI is InChI=1S/C9H8ClN3OSe/c10-5-4-8(14)11-6-2-1-3-7-9(6)13-15-12-7/h1-3H,4-5H2,(H,11,14). The molecule has 0 fully saturated rings. The number of carbonyl (C=O) groups is 1. The van der Waals surface area contributed by atoms with Gasteiger partial charge >= 0.3 is 97.8 Å². The van der Waals surface area contributed by atoms with Gasteiger partial charge < -0.3 is 0 Å². The molecule has 15 heavy (non-hydrogen) atoms. The molecule has 0 aliphatic carbocycles.